The van der Waals surface area contributed by atoms with E-state index in [2.05, 4.69) is 4.90 Å². The molecule has 102 valence electrons. The Morgan fingerprint density at radius 3 is 2.68 bits per heavy atom. The van der Waals surface area contributed by atoms with Crippen molar-refractivity contribution in [2.24, 2.45) is 5.73 Å². The van der Waals surface area contributed by atoms with Crippen LogP contribution in [0.4, 0.5) is 4.39 Å². The third kappa shape index (κ3) is 3.31. The zero-order chi connectivity index (χ0) is 13.8. The highest BCUT2D eigenvalue weighted by Crippen LogP contribution is 2.23. The van der Waals surface area contributed by atoms with Gasteiger partial charge in [-0.15, -0.1) is 0 Å². The second-order valence-corrected chi connectivity index (χ2v) is 5.37. The van der Waals surface area contributed by atoms with Crippen molar-refractivity contribution in [3.05, 3.63) is 35.1 Å². The highest BCUT2D eigenvalue weighted by molar-refractivity contribution is 5.34. The number of nitrogens with zero attached hydrogens (tertiary/aromatic N) is 2. The van der Waals surface area contributed by atoms with Gasteiger partial charge in [-0.25, -0.2) is 4.39 Å². The summed E-state index contributed by atoms with van der Waals surface area (Å²) >= 11 is 0. The Morgan fingerprint density at radius 1 is 1.37 bits per heavy atom. The standard InChI is InChI=1S/C15H20FN3/c1-19(14-7-5-13(18)6-8-14)10-12-4-2-3-11(9-17)15(12)16/h2-4,13-14H,5-8,10,18H2,1H3. The minimum atomic E-state index is -0.385. The summed E-state index contributed by atoms with van der Waals surface area (Å²) in [7, 11) is 2.01. The van der Waals surface area contributed by atoms with Gasteiger partial charge in [0.05, 0.1) is 5.56 Å². The van der Waals surface area contributed by atoms with E-state index in [0.29, 0.717) is 24.2 Å². The first-order valence-electron chi connectivity index (χ1n) is 6.75. The van der Waals surface area contributed by atoms with Crippen LogP contribution in [0.1, 0.15) is 36.8 Å². The third-order valence-corrected chi connectivity index (χ3v) is 3.98. The van der Waals surface area contributed by atoms with Gasteiger partial charge in [-0.05, 0) is 38.8 Å². The highest BCUT2D eigenvalue weighted by Gasteiger charge is 2.22. The number of rotatable bonds is 3. The lowest BCUT2D eigenvalue weighted by Gasteiger charge is -2.33. The minimum absolute atomic E-state index is 0.122. The van der Waals surface area contributed by atoms with Gasteiger partial charge >= 0.3 is 0 Å². The van der Waals surface area contributed by atoms with Gasteiger partial charge in [0.15, 0.2) is 0 Å². The van der Waals surface area contributed by atoms with Gasteiger partial charge in [0.1, 0.15) is 11.9 Å². The summed E-state index contributed by atoms with van der Waals surface area (Å²) in [5.74, 6) is -0.385. The predicted molar refractivity (Wildman–Crippen MR) is 72.8 cm³/mol. The molecule has 2 N–H and O–H groups in total. The van der Waals surface area contributed by atoms with Crippen LogP contribution in [0.3, 0.4) is 0 Å². The van der Waals surface area contributed by atoms with Crippen molar-refractivity contribution in [2.45, 2.75) is 44.3 Å². The van der Waals surface area contributed by atoms with Crippen LogP contribution >= 0.6 is 0 Å². The molecule has 0 amide bonds. The van der Waals surface area contributed by atoms with Crippen molar-refractivity contribution in [3.8, 4) is 6.07 Å². The summed E-state index contributed by atoms with van der Waals surface area (Å²) in [6.07, 6.45) is 4.21. The quantitative estimate of drug-likeness (QED) is 0.909. The molecule has 1 fully saturated rings. The molecule has 0 spiro atoms. The molecule has 0 bridgehead atoms. The number of hydrogen-bond acceptors (Lipinski definition) is 3. The molecule has 19 heavy (non-hydrogen) atoms. The van der Waals surface area contributed by atoms with E-state index in [9.17, 15) is 4.39 Å². The molecule has 1 saturated carbocycles. The van der Waals surface area contributed by atoms with Crippen LogP contribution in [0.5, 0.6) is 0 Å². The van der Waals surface area contributed by atoms with Crippen molar-refractivity contribution >= 4 is 0 Å². The molecular weight excluding hydrogens is 241 g/mol. The molecule has 4 heteroatoms. The largest absolute Gasteiger partial charge is 0.328 e. The predicted octanol–water partition coefficient (Wildman–Crippen LogP) is 2.40. The summed E-state index contributed by atoms with van der Waals surface area (Å²) in [6.45, 7) is 0.543. The summed E-state index contributed by atoms with van der Waals surface area (Å²) in [5.41, 5.74) is 6.61. The molecule has 0 aliphatic heterocycles. The molecule has 0 radical (unpaired) electrons. The topological polar surface area (TPSA) is 53.0 Å². The van der Waals surface area contributed by atoms with E-state index >= 15 is 0 Å². The molecule has 0 heterocycles. The smallest absolute Gasteiger partial charge is 0.145 e. The van der Waals surface area contributed by atoms with Gasteiger partial charge in [-0.1, -0.05) is 12.1 Å². The Morgan fingerprint density at radius 2 is 2.05 bits per heavy atom. The van der Waals surface area contributed by atoms with E-state index in [4.69, 9.17) is 11.0 Å². The first-order valence-corrected chi connectivity index (χ1v) is 6.75. The second-order valence-electron chi connectivity index (χ2n) is 5.37. The van der Waals surface area contributed by atoms with Gasteiger partial charge in [-0.3, -0.25) is 4.90 Å². The molecule has 0 unspecified atom stereocenters. The monoisotopic (exact) mass is 261 g/mol. The van der Waals surface area contributed by atoms with Gasteiger partial charge in [0.2, 0.25) is 0 Å². The molecule has 1 aromatic rings. The van der Waals surface area contributed by atoms with Crippen LogP contribution in [-0.2, 0) is 6.54 Å². The molecule has 0 aromatic heterocycles. The first kappa shape index (κ1) is 14.0. The van der Waals surface area contributed by atoms with E-state index in [1.807, 2.05) is 13.1 Å². The van der Waals surface area contributed by atoms with Gasteiger partial charge in [0.25, 0.3) is 0 Å². The number of halogens is 1. The average molecular weight is 261 g/mol. The van der Waals surface area contributed by atoms with Crippen LogP contribution in [0.25, 0.3) is 0 Å². The normalized spacial score (nSPS) is 23.3. The number of nitriles is 1. The summed E-state index contributed by atoms with van der Waals surface area (Å²) < 4.78 is 14.0. The molecule has 1 aromatic carbocycles. The van der Waals surface area contributed by atoms with Crippen LogP contribution in [0, 0.1) is 17.1 Å². The Hall–Kier alpha value is -1.44. The minimum Gasteiger partial charge on any atom is -0.328 e. The maximum absolute atomic E-state index is 14.0. The lowest BCUT2D eigenvalue weighted by molar-refractivity contribution is 0.174. The van der Waals surface area contributed by atoms with E-state index in [-0.39, 0.29) is 11.4 Å². The molecule has 2 rings (SSSR count). The van der Waals surface area contributed by atoms with Crippen LogP contribution < -0.4 is 5.73 Å². The Balaban J connectivity index is 2.03. The van der Waals surface area contributed by atoms with Crippen LogP contribution in [0.15, 0.2) is 18.2 Å². The lowest BCUT2D eigenvalue weighted by atomic mass is 9.91. The van der Waals surface area contributed by atoms with Crippen molar-refractivity contribution in [3.63, 3.8) is 0 Å². The average Bonchev–Trinajstić information content (AvgIpc) is 2.42. The Bertz CT molecular complexity index is 473. The molecule has 0 saturated heterocycles. The maximum atomic E-state index is 14.0. The van der Waals surface area contributed by atoms with Gasteiger partial charge in [-0.2, -0.15) is 5.26 Å². The summed E-state index contributed by atoms with van der Waals surface area (Å²) in [4.78, 5) is 2.17. The number of benzene rings is 1. The van der Waals surface area contributed by atoms with Crippen molar-refractivity contribution < 1.29 is 4.39 Å². The zero-order valence-corrected chi connectivity index (χ0v) is 11.3. The fourth-order valence-corrected chi connectivity index (χ4v) is 2.73. The summed E-state index contributed by atoms with van der Waals surface area (Å²) in [6, 6.07) is 7.67. The van der Waals surface area contributed by atoms with Crippen LogP contribution in [-0.4, -0.2) is 24.0 Å². The molecule has 3 nitrogen and oxygen atoms in total. The molecular formula is C15H20FN3. The number of hydrogen-bond donors (Lipinski definition) is 1. The van der Waals surface area contributed by atoms with E-state index in [1.54, 1.807) is 12.1 Å². The Labute approximate surface area is 113 Å². The third-order valence-electron chi connectivity index (χ3n) is 3.98. The maximum Gasteiger partial charge on any atom is 0.145 e. The SMILES string of the molecule is CN(Cc1cccc(C#N)c1F)C1CCC(N)CC1. The zero-order valence-electron chi connectivity index (χ0n) is 11.3. The summed E-state index contributed by atoms with van der Waals surface area (Å²) in [5, 5.41) is 8.84. The van der Waals surface area contributed by atoms with E-state index in [0.717, 1.165) is 25.7 Å². The number of nitrogens with two attached hydrogens (primary N) is 1. The van der Waals surface area contributed by atoms with Crippen molar-refractivity contribution in [1.82, 2.24) is 4.90 Å². The van der Waals surface area contributed by atoms with Gasteiger partial charge in [0, 0.05) is 24.2 Å². The van der Waals surface area contributed by atoms with Crippen molar-refractivity contribution in [2.75, 3.05) is 7.05 Å². The van der Waals surface area contributed by atoms with Crippen LogP contribution in [0.2, 0.25) is 0 Å². The first-order chi connectivity index (χ1) is 9.11. The van der Waals surface area contributed by atoms with E-state index in [1.165, 1.54) is 6.07 Å². The van der Waals surface area contributed by atoms with Gasteiger partial charge < -0.3 is 5.73 Å². The molecule has 1 aliphatic rings. The molecule has 0 atom stereocenters. The lowest BCUT2D eigenvalue weighted by Crippen LogP contribution is -2.38. The van der Waals surface area contributed by atoms with Crippen molar-refractivity contribution in [1.29, 1.82) is 5.26 Å². The van der Waals surface area contributed by atoms with E-state index < -0.39 is 0 Å². The highest BCUT2D eigenvalue weighted by atomic mass is 19.1. The molecule has 1 aliphatic carbocycles. The second kappa shape index (κ2) is 6.14. The fraction of sp³-hybridized carbons (Fsp3) is 0.533. The Kier molecular flexibility index (Phi) is 4.52. The fourth-order valence-electron chi connectivity index (χ4n) is 2.73.